The lowest BCUT2D eigenvalue weighted by Crippen LogP contribution is -2.13. The van der Waals surface area contributed by atoms with Gasteiger partial charge in [-0.05, 0) is 65.1 Å². The summed E-state index contributed by atoms with van der Waals surface area (Å²) in [5, 5.41) is 1.28. The van der Waals surface area contributed by atoms with Crippen molar-refractivity contribution >= 4 is 33.5 Å². The average molecular weight is 339 g/mol. The second-order valence-corrected chi connectivity index (χ2v) is 6.79. The van der Waals surface area contributed by atoms with Crippen molar-refractivity contribution in [3.05, 3.63) is 38.6 Å². The molecule has 0 spiro atoms. The van der Waals surface area contributed by atoms with Crippen molar-refractivity contribution in [3.8, 4) is 0 Å². The van der Waals surface area contributed by atoms with E-state index in [-0.39, 0.29) is 5.41 Å². The predicted molar refractivity (Wildman–Crippen MR) is 82.6 cm³/mol. The number of hydrogen-bond donors (Lipinski definition) is 0. The number of benzene rings is 1. The third-order valence-electron chi connectivity index (χ3n) is 3.13. The van der Waals surface area contributed by atoms with Gasteiger partial charge in [0.15, 0.2) is 0 Å². The number of hydrogen-bond acceptors (Lipinski definition) is 1. The highest BCUT2D eigenvalue weighted by atomic mass is 127. The first-order valence-corrected chi connectivity index (χ1v) is 6.95. The standard InChI is InChI=1S/C15H18IN/c1-9-6-7-11-10(2)13(16)8-12(14(11)17-9)15(3,4)5/h6-8H,1-5H3. The highest BCUT2D eigenvalue weighted by Crippen LogP contribution is 2.33. The SMILES string of the molecule is Cc1ccc2c(C)c(I)cc(C(C)(C)C)c2n1. The van der Waals surface area contributed by atoms with Gasteiger partial charge in [0.05, 0.1) is 5.52 Å². The van der Waals surface area contributed by atoms with E-state index in [0.29, 0.717) is 0 Å². The summed E-state index contributed by atoms with van der Waals surface area (Å²) in [5.74, 6) is 0. The summed E-state index contributed by atoms with van der Waals surface area (Å²) in [7, 11) is 0. The zero-order valence-electron chi connectivity index (χ0n) is 11.1. The number of aryl methyl sites for hydroxylation is 2. The molecule has 2 rings (SSSR count). The number of fused-ring (bicyclic) bond motifs is 1. The average Bonchev–Trinajstić information content (AvgIpc) is 2.21. The van der Waals surface area contributed by atoms with E-state index in [9.17, 15) is 0 Å². The van der Waals surface area contributed by atoms with E-state index in [1.807, 2.05) is 0 Å². The Kier molecular flexibility index (Phi) is 3.19. The van der Waals surface area contributed by atoms with Gasteiger partial charge in [0.25, 0.3) is 0 Å². The molecule has 0 radical (unpaired) electrons. The van der Waals surface area contributed by atoms with Crippen molar-refractivity contribution in [1.82, 2.24) is 4.98 Å². The Labute approximate surface area is 117 Å². The Hall–Kier alpha value is -0.640. The van der Waals surface area contributed by atoms with E-state index >= 15 is 0 Å². The van der Waals surface area contributed by atoms with E-state index in [1.165, 1.54) is 20.1 Å². The van der Waals surface area contributed by atoms with Gasteiger partial charge in [0.1, 0.15) is 0 Å². The zero-order chi connectivity index (χ0) is 12.8. The van der Waals surface area contributed by atoms with Crippen molar-refractivity contribution in [1.29, 1.82) is 0 Å². The van der Waals surface area contributed by atoms with Gasteiger partial charge in [-0.3, -0.25) is 4.98 Å². The molecule has 0 aliphatic heterocycles. The monoisotopic (exact) mass is 339 g/mol. The molecule has 1 heterocycles. The molecular weight excluding hydrogens is 321 g/mol. The number of nitrogens with zero attached hydrogens (tertiary/aromatic N) is 1. The van der Waals surface area contributed by atoms with Crippen LogP contribution in [0, 0.1) is 17.4 Å². The molecule has 1 aromatic carbocycles. The van der Waals surface area contributed by atoms with Crippen molar-refractivity contribution < 1.29 is 0 Å². The molecule has 0 fully saturated rings. The van der Waals surface area contributed by atoms with Gasteiger partial charge in [0, 0.05) is 14.7 Å². The third kappa shape index (κ3) is 2.32. The highest BCUT2D eigenvalue weighted by Gasteiger charge is 2.20. The van der Waals surface area contributed by atoms with E-state index < -0.39 is 0 Å². The first kappa shape index (κ1) is 12.8. The molecule has 0 amide bonds. The van der Waals surface area contributed by atoms with E-state index in [2.05, 4.69) is 75.4 Å². The largest absolute Gasteiger partial charge is 0.253 e. The minimum absolute atomic E-state index is 0.132. The van der Waals surface area contributed by atoms with Crippen LogP contribution in [-0.2, 0) is 5.41 Å². The van der Waals surface area contributed by atoms with Gasteiger partial charge in [-0.1, -0.05) is 26.8 Å². The van der Waals surface area contributed by atoms with Crippen LogP contribution in [0.3, 0.4) is 0 Å². The lowest BCUT2D eigenvalue weighted by Gasteiger charge is -2.22. The summed E-state index contributed by atoms with van der Waals surface area (Å²) < 4.78 is 1.32. The van der Waals surface area contributed by atoms with Crippen LogP contribution in [0.4, 0.5) is 0 Å². The minimum Gasteiger partial charge on any atom is -0.253 e. The maximum absolute atomic E-state index is 4.74. The van der Waals surface area contributed by atoms with Crippen LogP contribution in [-0.4, -0.2) is 4.98 Å². The summed E-state index contributed by atoms with van der Waals surface area (Å²) >= 11 is 2.42. The fraction of sp³-hybridized carbons (Fsp3) is 0.400. The molecule has 0 N–H and O–H groups in total. The zero-order valence-corrected chi connectivity index (χ0v) is 13.2. The molecule has 0 unspecified atom stereocenters. The van der Waals surface area contributed by atoms with E-state index in [1.54, 1.807) is 0 Å². The lowest BCUT2D eigenvalue weighted by atomic mass is 9.84. The van der Waals surface area contributed by atoms with Crippen molar-refractivity contribution in [2.24, 2.45) is 0 Å². The Morgan fingerprint density at radius 2 is 1.76 bits per heavy atom. The number of aromatic nitrogens is 1. The summed E-state index contributed by atoms with van der Waals surface area (Å²) in [5.41, 5.74) is 5.05. The predicted octanol–water partition coefficient (Wildman–Crippen LogP) is 4.75. The Morgan fingerprint density at radius 3 is 2.35 bits per heavy atom. The minimum atomic E-state index is 0.132. The molecular formula is C15H18IN. The van der Waals surface area contributed by atoms with Crippen molar-refractivity contribution in [3.63, 3.8) is 0 Å². The topological polar surface area (TPSA) is 12.9 Å². The molecule has 2 aromatic rings. The molecule has 1 aromatic heterocycles. The Bertz CT molecular complexity index is 579. The molecule has 0 aliphatic rings. The molecule has 0 saturated heterocycles. The molecule has 90 valence electrons. The fourth-order valence-corrected chi connectivity index (χ4v) is 2.67. The van der Waals surface area contributed by atoms with Crippen molar-refractivity contribution in [2.45, 2.75) is 40.0 Å². The second-order valence-electron chi connectivity index (χ2n) is 5.63. The highest BCUT2D eigenvalue weighted by molar-refractivity contribution is 14.1. The van der Waals surface area contributed by atoms with E-state index in [4.69, 9.17) is 4.98 Å². The number of halogens is 1. The molecule has 2 heteroatoms. The smallest absolute Gasteiger partial charge is 0.0745 e. The molecule has 1 nitrogen and oxygen atoms in total. The summed E-state index contributed by atoms with van der Waals surface area (Å²) in [6, 6.07) is 6.58. The van der Waals surface area contributed by atoms with Gasteiger partial charge in [-0.15, -0.1) is 0 Å². The first-order valence-electron chi connectivity index (χ1n) is 5.87. The van der Waals surface area contributed by atoms with Crippen LogP contribution in [0.15, 0.2) is 18.2 Å². The molecule has 0 saturated carbocycles. The second kappa shape index (κ2) is 4.23. The molecule has 0 bridgehead atoms. The lowest BCUT2D eigenvalue weighted by molar-refractivity contribution is 0.594. The van der Waals surface area contributed by atoms with Crippen LogP contribution in [0.25, 0.3) is 10.9 Å². The Balaban J connectivity index is 2.93. The van der Waals surface area contributed by atoms with Gasteiger partial charge in [0.2, 0.25) is 0 Å². The van der Waals surface area contributed by atoms with Gasteiger partial charge < -0.3 is 0 Å². The number of rotatable bonds is 0. The van der Waals surface area contributed by atoms with Crippen LogP contribution < -0.4 is 0 Å². The summed E-state index contributed by atoms with van der Waals surface area (Å²) in [6.45, 7) is 11.0. The van der Waals surface area contributed by atoms with Crippen LogP contribution in [0.1, 0.15) is 37.6 Å². The van der Waals surface area contributed by atoms with Gasteiger partial charge >= 0.3 is 0 Å². The molecule has 0 atom stereocenters. The van der Waals surface area contributed by atoms with Crippen LogP contribution >= 0.6 is 22.6 Å². The third-order valence-corrected chi connectivity index (χ3v) is 4.25. The van der Waals surface area contributed by atoms with Crippen molar-refractivity contribution in [2.75, 3.05) is 0 Å². The maximum atomic E-state index is 4.74. The van der Waals surface area contributed by atoms with Gasteiger partial charge in [-0.2, -0.15) is 0 Å². The quantitative estimate of drug-likeness (QED) is 0.631. The van der Waals surface area contributed by atoms with Crippen LogP contribution in [0.2, 0.25) is 0 Å². The van der Waals surface area contributed by atoms with Crippen LogP contribution in [0.5, 0.6) is 0 Å². The summed E-state index contributed by atoms with van der Waals surface area (Å²) in [4.78, 5) is 4.74. The fourth-order valence-electron chi connectivity index (χ4n) is 2.07. The first-order chi connectivity index (χ1) is 7.80. The summed E-state index contributed by atoms with van der Waals surface area (Å²) in [6.07, 6.45) is 0. The maximum Gasteiger partial charge on any atom is 0.0745 e. The van der Waals surface area contributed by atoms with E-state index in [0.717, 1.165) is 11.2 Å². The molecule has 0 aliphatic carbocycles. The Morgan fingerprint density at radius 1 is 1.12 bits per heavy atom. The molecule has 17 heavy (non-hydrogen) atoms. The number of pyridine rings is 1. The van der Waals surface area contributed by atoms with Gasteiger partial charge in [-0.25, -0.2) is 0 Å². The normalized spacial score (nSPS) is 12.1.